The van der Waals surface area contributed by atoms with Crippen LogP contribution in [0.3, 0.4) is 0 Å². The maximum atomic E-state index is 12.7. The van der Waals surface area contributed by atoms with E-state index in [1.165, 1.54) is 0 Å². The third kappa shape index (κ3) is 2.83. The number of benzene rings is 1. The van der Waals surface area contributed by atoms with E-state index in [9.17, 15) is 4.79 Å². The first kappa shape index (κ1) is 15.4. The van der Waals surface area contributed by atoms with E-state index < -0.39 is 0 Å². The maximum Gasteiger partial charge on any atom is 0.256 e. The predicted molar refractivity (Wildman–Crippen MR) is 90.1 cm³/mol. The molecule has 1 amide bonds. The molecule has 0 spiro atoms. The van der Waals surface area contributed by atoms with E-state index in [0.717, 1.165) is 24.3 Å². The first-order valence-electron chi connectivity index (χ1n) is 7.93. The van der Waals surface area contributed by atoms with Crippen LogP contribution < -0.4 is 4.90 Å². The van der Waals surface area contributed by atoms with Gasteiger partial charge in [-0.3, -0.25) is 4.79 Å². The van der Waals surface area contributed by atoms with Crippen LogP contribution in [0.5, 0.6) is 0 Å². The summed E-state index contributed by atoms with van der Waals surface area (Å²) in [5, 5.41) is 0.471. The van der Waals surface area contributed by atoms with Crippen LogP contribution in [0, 0.1) is 0 Å². The number of morpholine rings is 1. The van der Waals surface area contributed by atoms with Crippen molar-refractivity contribution in [1.29, 1.82) is 0 Å². The molecule has 3 heterocycles. The minimum Gasteiger partial charge on any atom is -0.378 e. The lowest BCUT2D eigenvalue weighted by molar-refractivity contribution is 0.0750. The quantitative estimate of drug-likeness (QED) is 0.835. The second-order valence-electron chi connectivity index (χ2n) is 5.88. The maximum absolute atomic E-state index is 12.7. The summed E-state index contributed by atoms with van der Waals surface area (Å²) in [7, 11) is 0. The van der Waals surface area contributed by atoms with Gasteiger partial charge in [0, 0.05) is 31.4 Å². The molecule has 0 saturated carbocycles. The number of fused-ring (bicyclic) bond motifs is 1. The van der Waals surface area contributed by atoms with Crippen LogP contribution in [-0.2, 0) is 17.8 Å². The number of carbonyl (C=O) groups excluding carboxylic acids is 1. The number of hydrogen-bond acceptors (Lipinski definition) is 5. The molecule has 7 heteroatoms. The number of amides is 1. The predicted octanol–water partition coefficient (Wildman–Crippen LogP) is 2.12. The lowest BCUT2D eigenvalue weighted by Gasteiger charge is -2.26. The molecule has 1 aromatic heterocycles. The zero-order valence-corrected chi connectivity index (χ0v) is 13.9. The Morgan fingerprint density at radius 1 is 1.17 bits per heavy atom. The van der Waals surface area contributed by atoms with E-state index in [2.05, 4.69) is 14.9 Å². The molecule has 24 heavy (non-hydrogen) atoms. The van der Waals surface area contributed by atoms with Crippen molar-refractivity contribution in [3.05, 3.63) is 52.3 Å². The van der Waals surface area contributed by atoms with Crippen LogP contribution in [0.15, 0.2) is 30.5 Å². The van der Waals surface area contributed by atoms with Crippen molar-refractivity contribution in [2.75, 3.05) is 31.2 Å². The average Bonchev–Trinajstić information content (AvgIpc) is 3.05. The fourth-order valence-electron chi connectivity index (χ4n) is 3.01. The summed E-state index contributed by atoms with van der Waals surface area (Å²) in [6, 6.07) is 7.11. The number of aromatic nitrogens is 2. The summed E-state index contributed by atoms with van der Waals surface area (Å²) in [5.41, 5.74) is 2.42. The molecule has 1 fully saturated rings. The topological polar surface area (TPSA) is 58.6 Å². The lowest BCUT2D eigenvalue weighted by atomic mass is 10.2. The smallest absolute Gasteiger partial charge is 0.256 e. The molecule has 124 valence electrons. The van der Waals surface area contributed by atoms with Gasteiger partial charge in [0.15, 0.2) is 0 Å². The Bertz CT molecular complexity index is 777. The molecule has 2 aromatic rings. The third-order valence-electron chi connectivity index (χ3n) is 4.33. The monoisotopic (exact) mass is 344 g/mol. The van der Waals surface area contributed by atoms with Crippen LogP contribution in [0.2, 0.25) is 5.02 Å². The molecule has 2 aliphatic rings. The molecular formula is C17H17ClN4O2. The number of carbonyl (C=O) groups is 1. The number of ether oxygens (including phenoxy) is 1. The molecule has 0 atom stereocenters. The van der Waals surface area contributed by atoms with Crippen LogP contribution >= 0.6 is 11.6 Å². The molecule has 0 N–H and O–H groups in total. The van der Waals surface area contributed by atoms with Gasteiger partial charge in [-0.25, -0.2) is 9.97 Å². The van der Waals surface area contributed by atoms with Gasteiger partial charge in [0.25, 0.3) is 5.91 Å². The van der Waals surface area contributed by atoms with Gasteiger partial charge in [0.1, 0.15) is 0 Å². The van der Waals surface area contributed by atoms with Crippen molar-refractivity contribution >= 4 is 23.5 Å². The summed E-state index contributed by atoms with van der Waals surface area (Å²) in [6.45, 7) is 3.97. The molecule has 1 aromatic carbocycles. The van der Waals surface area contributed by atoms with E-state index in [0.29, 0.717) is 42.8 Å². The highest BCUT2D eigenvalue weighted by molar-refractivity contribution is 6.33. The minimum atomic E-state index is -0.0773. The highest BCUT2D eigenvalue weighted by atomic mass is 35.5. The van der Waals surface area contributed by atoms with Crippen LogP contribution in [-0.4, -0.2) is 47.1 Å². The van der Waals surface area contributed by atoms with Crippen LogP contribution in [0.1, 0.15) is 21.6 Å². The Hall–Kier alpha value is -2.18. The second-order valence-corrected chi connectivity index (χ2v) is 6.29. The van der Waals surface area contributed by atoms with Crippen molar-refractivity contribution < 1.29 is 9.53 Å². The fourth-order valence-corrected chi connectivity index (χ4v) is 3.22. The molecular weight excluding hydrogens is 328 g/mol. The first-order chi connectivity index (χ1) is 11.7. The summed E-state index contributed by atoms with van der Waals surface area (Å²) in [5.74, 6) is 0.635. The number of hydrogen-bond donors (Lipinski definition) is 0. The zero-order valence-electron chi connectivity index (χ0n) is 13.1. The molecule has 0 aliphatic carbocycles. The molecule has 0 unspecified atom stereocenters. The zero-order chi connectivity index (χ0) is 16.5. The average molecular weight is 345 g/mol. The fraction of sp³-hybridized carbons (Fsp3) is 0.353. The van der Waals surface area contributed by atoms with Gasteiger partial charge < -0.3 is 14.5 Å². The lowest BCUT2D eigenvalue weighted by Crippen LogP contribution is -2.37. The van der Waals surface area contributed by atoms with E-state index >= 15 is 0 Å². The van der Waals surface area contributed by atoms with Gasteiger partial charge in [0.05, 0.1) is 36.0 Å². The Labute approximate surface area is 145 Å². The molecule has 1 saturated heterocycles. The summed E-state index contributed by atoms with van der Waals surface area (Å²) in [6.07, 6.45) is 1.83. The van der Waals surface area contributed by atoms with Crippen molar-refractivity contribution in [2.45, 2.75) is 13.1 Å². The number of nitrogens with zero attached hydrogens (tertiary/aromatic N) is 4. The van der Waals surface area contributed by atoms with Crippen molar-refractivity contribution in [3.63, 3.8) is 0 Å². The highest BCUT2D eigenvalue weighted by Crippen LogP contribution is 2.26. The van der Waals surface area contributed by atoms with E-state index in [1.54, 1.807) is 17.0 Å². The van der Waals surface area contributed by atoms with E-state index in [-0.39, 0.29) is 5.91 Å². The SMILES string of the molecule is O=C(c1ccccc1Cl)N1Cc2cnc(N3CCOCC3)nc2C1. The largest absolute Gasteiger partial charge is 0.378 e. The summed E-state index contributed by atoms with van der Waals surface area (Å²) in [4.78, 5) is 25.7. The van der Waals surface area contributed by atoms with Gasteiger partial charge >= 0.3 is 0 Å². The van der Waals surface area contributed by atoms with E-state index in [4.69, 9.17) is 16.3 Å². The Kier molecular flexibility index (Phi) is 4.08. The van der Waals surface area contributed by atoms with Crippen LogP contribution in [0.25, 0.3) is 0 Å². The van der Waals surface area contributed by atoms with Gasteiger partial charge in [-0.1, -0.05) is 23.7 Å². The molecule has 2 aliphatic heterocycles. The van der Waals surface area contributed by atoms with Crippen molar-refractivity contribution in [3.8, 4) is 0 Å². The van der Waals surface area contributed by atoms with Gasteiger partial charge in [-0.05, 0) is 12.1 Å². The van der Waals surface area contributed by atoms with Crippen LogP contribution in [0.4, 0.5) is 5.95 Å². The summed E-state index contributed by atoms with van der Waals surface area (Å²) < 4.78 is 5.36. The highest BCUT2D eigenvalue weighted by Gasteiger charge is 2.28. The second kappa shape index (κ2) is 6.37. The van der Waals surface area contributed by atoms with E-state index in [1.807, 2.05) is 18.3 Å². The molecule has 4 rings (SSSR count). The number of rotatable bonds is 2. The van der Waals surface area contributed by atoms with Gasteiger partial charge in [0.2, 0.25) is 5.95 Å². The normalized spacial score (nSPS) is 17.0. The Morgan fingerprint density at radius 2 is 1.96 bits per heavy atom. The standard InChI is InChI=1S/C17H17ClN4O2/c18-14-4-2-1-3-13(14)16(23)22-10-12-9-19-17(20-15(12)11-22)21-5-7-24-8-6-21/h1-4,9H,5-8,10-11H2. The summed E-state index contributed by atoms with van der Waals surface area (Å²) >= 11 is 6.14. The molecule has 6 nitrogen and oxygen atoms in total. The Morgan fingerprint density at radius 3 is 2.75 bits per heavy atom. The number of halogens is 1. The number of anilines is 1. The van der Waals surface area contributed by atoms with Crippen molar-refractivity contribution in [1.82, 2.24) is 14.9 Å². The Balaban J connectivity index is 1.53. The van der Waals surface area contributed by atoms with Gasteiger partial charge in [-0.15, -0.1) is 0 Å². The van der Waals surface area contributed by atoms with Crippen molar-refractivity contribution in [2.24, 2.45) is 0 Å². The first-order valence-corrected chi connectivity index (χ1v) is 8.31. The van der Waals surface area contributed by atoms with Gasteiger partial charge in [-0.2, -0.15) is 0 Å². The molecule has 0 radical (unpaired) electrons. The minimum absolute atomic E-state index is 0.0773. The third-order valence-corrected chi connectivity index (χ3v) is 4.66. The molecule has 0 bridgehead atoms.